The SMILES string of the molecule is COc1ccc(F)c(-n2c(=S)[nH]c3cccc(Cl)c32)c1. The lowest BCUT2D eigenvalue weighted by Crippen LogP contribution is -1.99. The number of methoxy groups -OCH3 is 1. The van der Waals surface area contributed by atoms with Crippen molar-refractivity contribution >= 4 is 34.9 Å². The van der Waals surface area contributed by atoms with E-state index in [-0.39, 0.29) is 0 Å². The van der Waals surface area contributed by atoms with Gasteiger partial charge in [-0.1, -0.05) is 17.7 Å². The van der Waals surface area contributed by atoms with Crippen LogP contribution in [0.4, 0.5) is 4.39 Å². The van der Waals surface area contributed by atoms with Gasteiger partial charge in [0.1, 0.15) is 11.6 Å². The zero-order valence-electron chi connectivity index (χ0n) is 10.5. The fourth-order valence-corrected chi connectivity index (χ4v) is 2.70. The first-order valence-corrected chi connectivity index (χ1v) is 6.63. The van der Waals surface area contributed by atoms with Crippen molar-refractivity contribution in [3.8, 4) is 11.4 Å². The molecule has 0 spiro atoms. The van der Waals surface area contributed by atoms with Crippen molar-refractivity contribution in [2.24, 2.45) is 0 Å². The number of hydrogen-bond donors (Lipinski definition) is 1. The van der Waals surface area contributed by atoms with E-state index in [0.717, 1.165) is 5.52 Å². The van der Waals surface area contributed by atoms with E-state index in [2.05, 4.69) is 4.98 Å². The van der Waals surface area contributed by atoms with Crippen LogP contribution in [0.25, 0.3) is 16.7 Å². The van der Waals surface area contributed by atoms with Crippen molar-refractivity contribution in [2.75, 3.05) is 7.11 Å². The molecular formula is C14H10ClFN2OS. The van der Waals surface area contributed by atoms with Crippen molar-refractivity contribution in [2.45, 2.75) is 0 Å². The summed E-state index contributed by atoms with van der Waals surface area (Å²) in [6.07, 6.45) is 0. The first kappa shape index (κ1) is 13.1. The molecule has 1 aromatic heterocycles. The number of aromatic nitrogens is 2. The number of imidazole rings is 1. The zero-order chi connectivity index (χ0) is 14.3. The predicted molar refractivity (Wildman–Crippen MR) is 80.0 cm³/mol. The highest BCUT2D eigenvalue weighted by Crippen LogP contribution is 2.29. The molecule has 1 N–H and O–H groups in total. The lowest BCUT2D eigenvalue weighted by molar-refractivity contribution is 0.413. The van der Waals surface area contributed by atoms with Gasteiger partial charge in [-0.2, -0.15) is 0 Å². The van der Waals surface area contributed by atoms with E-state index in [0.29, 0.717) is 26.7 Å². The largest absolute Gasteiger partial charge is 0.497 e. The monoisotopic (exact) mass is 308 g/mol. The highest BCUT2D eigenvalue weighted by Gasteiger charge is 2.14. The third kappa shape index (κ3) is 1.99. The molecule has 20 heavy (non-hydrogen) atoms. The molecule has 0 fully saturated rings. The van der Waals surface area contributed by atoms with Gasteiger partial charge in [-0.05, 0) is 36.5 Å². The maximum absolute atomic E-state index is 14.1. The normalized spacial score (nSPS) is 10.9. The number of nitrogens with zero attached hydrogens (tertiary/aromatic N) is 1. The Morgan fingerprint density at radius 1 is 1.30 bits per heavy atom. The molecule has 0 aliphatic heterocycles. The fourth-order valence-electron chi connectivity index (χ4n) is 2.14. The summed E-state index contributed by atoms with van der Waals surface area (Å²) in [5, 5.41) is 0.497. The van der Waals surface area contributed by atoms with Crippen molar-refractivity contribution in [1.82, 2.24) is 9.55 Å². The maximum Gasteiger partial charge on any atom is 0.182 e. The summed E-state index contributed by atoms with van der Waals surface area (Å²) in [6, 6.07) is 9.86. The number of ether oxygens (including phenoxy) is 1. The van der Waals surface area contributed by atoms with Crippen LogP contribution in [-0.2, 0) is 0 Å². The second-order valence-electron chi connectivity index (χ2n) is 4.22. The Bertz CT molecular complexity index is 856. The Balaban J connectivity index is 2.40. The minimum atomic E-state index is -0.400. The van der Waals surface area contributed by atoms with Crippen LogP contribution in [0, 0.1) is 10.6 Å². The summed E-state index contributed by atoms with van der Waals surface area (Å²) in [5.41, 5.74) is 1.70. The minimum Gasteiger partial charge on any atom is -0.497 e. The number of hydrogen-bond acceptors (Lipinski definition) is 2. The molecule has 0 aliphatic carbocycles. The van der Waals surface area contributed by atoms with E-state index in [1.54, 1.807) is 22.8 Å². The molecule has 3 rings (SSSR count). The molecule has 1 heterocycles. The molecule has 2 aromatic carbocycles. The lowest BCUT2D eigenvalue weighted by Gasteiger charge is -2.09. The molecule has 0 radical (unpaired) electrons. The third-order valence-electron chi connectivity index (χ3n) is 3.05. The highest BCUT2D eigenvalue weighted by molar-refractivity contribution is 7.71. The van der Waals surface area contributed by atoms with E-state index < -0.39 is 5.82 Å². The van der Waals surface area contributed by atoms with Gasteiger partial charge in [0.2, 0.25) is 0 Å². The molecule has 6 heteroatoms. The number of H-pyrrole nitrogens is 1. The van der Waals surface area contributed by atoms with Crippen molar-refractivity contribution in [3.63, 3.8) is 0 Å². The van der Waals surface area contributed by atoms with E-state index in [1.807, 2.05) is 12.1 Å². The number of halogens is 2. The van der Waals surface area contributed by atoms with Gasteiger partial charge in [0.15, 0.2) is 4.77 Å². The van der Waals surface area contributed by atoms with E-state index in [1.165, 1.54) is 13.2 Å². The molecule has 102 valence electrons. The summed E-state index contributed by atoms with van der Waals surface area (Å²) in [4.78, 5) is 3.02. The standard InChI is InChI=1S/C14H10ClFN2OS/c1-19-8-5-6-10(16)12(7-8)18-13-9(15)3-2-4-11(13)17-14(18)20/h2-7H,1H3,(H,17,20). The highest BCUT2D eigenvalue weighted by atomic mass is 35.5. The lowest BCUT2D eigenvalue weighted by atomic mass is 10.2. The predicted octanol–water partition coefficient (Wildman–Crippen LogP) is 4.49. The smallest absolute Gasteiger partial charge is 0.182 e. The van der Waals surface area contributed by atoms with Crippen molar-refractivity contribution in [3.05, 3.63) is 52.0 Å². The van der Waals surface area contributed by atoms with Gasteiger partial charge >= 0.3 is 0 Å². The van der Waals surface area contributed by atoms with Gasteiger partial charge in [-0.3, -0.25) is 4.57 Å². The van der Waals surface area contributed by atoms with Gasteiger partial charge in [0, 0.05) is 6.07 Å². The van der Waals surface area contributed by atoms with Crippen molar-refractivity contribution in [1.29, 1.82) is 0 Å². The van der Waals surface area contributed by atoms with Gasteiger partial charge < -0.3 is 9.72 Å². The number of rotatable bonds is 2. The molecular weight excluding hydrogens is 299 g/mol. The molecule has 0 bridgehead atoms. The molecule has 0 amide bonds. The number of nitrogens with one attached hydrogen (secondary N) is 1. The topological polar surface area (TPSA) is 29.9 Å². The van der Waals surface area contributed by atoms with Gasteiger partial charge in [0.05, 0.1) is 28.9 Å². The zero-order valence-corrected chi connectivity index (χ0v) is 12.1. The number of aromatic amines is 1. The van der Waals surface area contributed by atoms with Gasteiger partial charge in [0.25, 0.3) is 0 Å². The third-order valence-corrected chi connectivity index (χ3v) is 3.64. The van der Waals surface area contributed by atoms with E-state index >= 15 is 0 Å². The van der Waals surface area contributed by atoms with E-state index in [9.17, 15) is 4.39 Å². The van der Waals surface area contributed by atoms with Crippen LogP contribution >= 0.6 is 23.8 Å². The van der Waals surface area contributed by atoms with Crippen LogP contribution in [-0.4, -0.2) is 16.7 Å². The number of fused-ring (bicyclic) bond motifs is 1. The first-order chi connectivity index (χ1) is 9.61. The molecule has 0 saturated carbocycles. The quantitative estimate of drug-likeness (QED) is 0.707. The summed E-state index contributed by atoms with van der Waals surface area (Å²) in [6.45, 7) is 0. The van der Waals surface area contributed by atoms with E-state index in [4.69, 9.17) is 28.6 Å². The van der Waals surface area contributed by atoms with Crippen LogP contribution < -0.4 is 4.74 Å². The summed E-state index contributed by atoms with van der Waals surface area (Å²) in [5.74, 6) is 0.146. The Morgan fingerprint density at radius 3 is 2.85 bits per heavy atom. The Labute approximate surface area is 124 Å². The molecule has 0 unspecified atom stereocenters. The molecule has 0 aliphatic rings. The Hall–Kier alpha value is -1.85. The van der Waals surface area contributed by atoms with Gasteiger partial charge in [-0.25, -0.2) is 4.39 Å². The first-order valence-electron chi connectivity index (χ1n) is 5.85. The molecule has 0 atom stereocenters. The maximum atomic E-state index is 14.1. The number of benzene rings is 2. The van der Waals surface area contributed by atoms with Crippen LogP contribution in [0.3, 0.4) is 0 Å². The summed E-state index contributed by atoms with van der Waals surface area (Å²) >= 11 is 11.5. The molecule has 0 saturated heterocycles. The number of para-hydroxylation sites is 1. The average Bonchev–Trinajstić information content (AvgIpc) is 2.77. The van der Waals surface area contributed by atoms with Crippen LogP contribution in [0.15, 0.2) is 36.4 Å². The summed E-state index contributed by atoms with van der Waals surface area (Å²) in [7, 11) is 1.53. The second-order valence-corrected chi connectivity index (χ2v) is 5.01. The van der Waals surface area contributed by atoms with Gasteiger partial charge in [-0.15, -0.1) is 0 Å². The molecule has 3 aromatic rings. The summed E-state index contributed by atoms with van der Waals surface area (Å²) < 4.78 is 21.2. The average molecular weight is 309 g/mol. The Morgan fingerprint density at radius 2 is 2.10 bits per heavy atom. The van der Waals surface area contributed by atoms with Crippen LogP contribution in [0.5, 0.6) is 5.75 Å². The Kier molecular flexibility index (Phi) is 3.23. The van der Waals surface area contributed by atoms with Crippen LogP contribution in [0.1, 0.15) is 0 Å². The minimum absolute atomic E-state index is 0.300. The fraction of sp³-hybridized carbons (Fsp3) is 0.0714. The van der Waals surface area contributed by atoms with Crippen LogP contribution in [0.2, 0.25) is 5.02 Å². The van der Waals surface area contributed by atoms with Crippen molar-refractivity contribution < 1.29 is 9.13 Å². The molecule has 3 nitrogen and oxygen atoms in total. The second kappa shape index (κ2) is 4.92.